The maximum atomic E-state index is 13.4. The van der Waals surface area contributed by atoms with Crippen LogP contribution < -0.4 is 14.5 Å². The molecule has 2 fully saturated rings. The van der Waals surface area contributed by atoms with Gasteiger partial charge in [-0.3, -0.25) is 4.79 Å². The minimum atomic E-state index is -3.68. The van der Waals surface area contributed by atoms with E-state index in [0.29, 0.717) is 58.6 Å². The lowest BCUT2D eigenvalue weighted by atomic mass is 10.0. The first-order valence-electron chi connectivity index (χ1n) is 14.4. The van der Waals surface area contributed by atoms with Gasteiger partial charge in [0.2, 0.25) is 10.0 Å². The molecule has 2 atom stereocenters. The number of aromatic nitrogens is 1. The molecule has 1 saturated carbocycles. The third-order valence-corrected chi connectivity index (χ3v) is 10.2. The molecule has 1 aliphatic carbocycles. The number of pyridine rings is 1. The molecule has 244 valence electrons. The monoisotopic (exact) mass is 686 g/mol. The highest BCUT2D eigenvalue weighted by Gasteiger charge is 2.36. The van der Waals surface area contributed by atoms with E-state index in [1.807, 2.05) is 6.07 Å². The number of halogens is 4. The molecule has 2 aromatic carbocycles. The van der Waals surface area contributed by atoms with Crippen molar-refractivity contribution < 1.29 is 46.7 Å². The number of ether oxygens (including phenoxy) is 3. The van der Waals surface area contributed by atoms with E-state index in [9.17, 15) is 22.0 Å². The van der Waals surface area contributed by atoms with Gasteiger partial charge in [-0.05, 0) is 54.9 Å². The molecule has 0 unspecified atom stereocenters. The van der Waals surface area contributed by atoms with Crippen molar-refractivity contribution in [2.75, 3.05) is 13.2 Å². The minimum absolute atomic E-state index is 0. The van der Waals surface area contributed by atoms with Gasteiger partial charge in [-0.25, -0.2) is 13.4 Å². The van der Waals surface area contributed by atoms with E-state index in [-0.39, 0.29) is 35.6 Å². The fourth-order valence-corrected chi connectivity index (χ4v) is 7.61. The Kier molecular flexibility index (Phi) is 12.0. The molecule has 9 nitrogen and oxygen atoms in total. The lowest BCUT2D eigenvalue weighted by molar-refractivity contribution is -0.377. The second-order valence-corrected chi connectivity index (χ2v) is 13.7. The molecule has 0 amide bonds. The summed E-state index contributed by atoms with van der Waals surface area (Å²) < 4.78 is 70.7. The number of nitrogens with zero attached hydrogens (tertiary/aromatic N) is 1. The number of esters is 1. The second kappa shape index (κ2) is 15.5. The molecule has 45 heavy (non-hydrogen) atoms. The zero-order valence-electron chi connectivity index (χ0n) is 24.2. The molecular formula is C31H34Cl2F2N2O7S. The van der Waals surface area contributed by atoms with Crippen molar-refractivity contribution in [2.45, 2.75) is 63.0 Å². The first kappa shape index (κ1) is 34.8. The summed E-state index contributed by atoms with van der Waals surface area (Å²) in [4.78, 5) is 16.3. The van der Waals surface area contributed by atoms with Crippen LogP contribution in [0.25, 0.3) is 0 Å². The molecule has 3 aromatic rings. The van der Waals surface area contributed by atoms with Gasteiger partial charge >= 0.3 is 12.6 Å². The van der Waals surface area contributed by atoms with Gasteiger partial charge in [0.05, 0.1) is 18.8 Å². The minimum Gasteiger partial charge on any atom is -0.870 e. The van der Waals surface area contributed by atoms with Crippen LogP contribution in [0.1, 0.15) is 54.9 Å². The molecule has 5 rings (SSSR count). The second-order valence-electron chi connectivity index (χ2n) is 11.0. The maximum absolute atomic E-state index is 13.4. The number of carbonyl (C=O) groups is 1. The normalized spacial score (nSPS) is 17.5. The predicted molar refractivity (Wildman–Crippen MR) is 162 cm³/mol. The van der Waals surface area contributed by atoms with Crippen LogP contribution in [0.15, 0.2) is 60.9 Å². The van der Waals surface area contributed by atoms with E-state index in [2.05, 4.69) is 9.72 Å². The van der Waals surface area contributed by atoms with Crippen molar-refractivity contribution in [1.29, 1.82) is 0 Å². The number of hydrogen-bond acceptors (Lipinski definition) is 7. The van der Waals surface area contributed by atoms with Crippen molar-refractivity contribution in [3.05, 3.63) is 87.7 Å². The third kappa shape index (κ3) is 9.49. The van der Waals surface area contributed by atoms with Crippen LogP contribution >= 0.6 is 23.2 Å². The summed E-state index contributed by atoms with van der Waals surface area (Å²) in [6.45, 7) is -2.40. The fraction of sp³-hybridized carbons (Fsp3) is 0.419. The number of carbonyl (C=O) groups excluding carboxylic acids is 1. The SMILES string of the molecule is O=C(C[C@@H]1CCCN1S(=O)(=O)Cc1ccccc1)O[C@@H](Cc1c(Cl)c[nH+]cc1Cl)c1ccc(OC(F)F)c(OCC2CC2)c1.[OH-]. The van der Waals surface area contributed by atoms with Crippen LogP contribution in [0.2, 0.25) is 10.0 Å². The van der Waals surface area contributed by atoms with Crippen molar-refractivity contribution in [2.24, 2.45) is 5.92 Å². The van der Waals surface area contributed by atoms with Crippen LogP contribution in [0.3, 0.4) is 0 Å². The molecule has 0 radical (unpaired) electrons. The number of H-pyrrole nitrogens is 1. The largest absolute Gasteiger partial charge is 0.870 e. The zero-order chi connectivity index (χ0) is 31.3. The fourth-order valence-electron chi connectivity index (χ4n) is 5.25. The quantitative estimate of drug-likeness (QED) is 0.184. The van der Waals surface area contributed by atoms with Crippen LogP contribution in [0.4, 0.5) is 8.78 Å². The van der Waals surface area contributed by atoms with Gasteiger partial charge in [0, 0.05) is 24.6 Å². The van der Waals surface area contributed by atoms with Gasteiger partial charge < -0.3 is 19.7 Å². The van der Waals surface area contributed by atoms with Gasteiger partial charge in [0.1, 0.15) is 16.1 Å². The topological polar surface area (TPSA) is 126 Å². The standard InChI is InChI=1S/C31H32Cl2F2N2O6S.H2O/c32-25-16-36-17-26(33)24(25)15-28(22-10-11-27(43-31(34)35)29(13-22)41-18-20-8-9-20)42-30(38)14-23-7-4-12-37(23)44(39,40)19-21-5-2-1-3-6-21;/h1-3,5-6,10-11,13,16-17,20,23,28,31H,4,7-9,12,14-15,18-19H2;1H2/t23-,28-;/m0./s1. The Labute approximate surface area is 270 Å². The lowest BCUT2D eigenvalue weighted by Crippen LogP contribution is -2.38. The first-order chi connectivity index (χ1) is 21.1. The highest BCUT2D eigenvalue weighted by molar-refractivity contribution is 7.88. The van der Waals surface area contributed by atoms with Gasteiger partial charge in [-0.1, -0.05) is 59.6 Å². The van der Waals surface area contributed by atoms with Crippen LogP contribution in [0, 0.1) is 5.92 Å². The molecular weight excluding hydrogens is 653 g/mol. The Morgan fingerprint density at radius 2 is 1.73 bits per heavy atom. The van der Waals surface area contributed by atoms with Crippen molar-refractivity contribution in [1.82, 2.24) is 4.31 Å². The molecule has 1 saturated heterocycles. The third-order valence-electron chi connectivity index (χ3n) is 7.66. The van der Waals surface area contributed by atoms with E-state index in [0.717, 1.165) is 12.8 Å². The van der Waals surface area contributed by atoms with Crippen molar-refractivity contribution >= 4 is 39.2 Å². The number of rotatable bonds is 14. The molecule has 14 heteroatoms. The van der Waals surface area contributed by atoms with Gasteiger partial charge in [0.15, 0.2) is 23.9 Å². The van der Waals surface area contributed by atoms with Gasteiger partial charge in [-0.2, -0.15) is 13.1 Å². The summed E-state index contributed by atoms with van der Waals surface area (Å²) in [5.41, 5.74) is 1.62. The predicted octanol–water partition coefficient (Wildman–Crippen LogP) is 6.23. The van der Waals surface area contributed by atoms with Crippen molar-refractivity contribution in [3.63, 3.8) is 0 Å². The Morgan fingerprint density at radius 1 is 1.02 bits per heavy atom. The maximum Gasteiger partial charge on any atom is 0.387 e. The van der Waals surface area contributed by atoms with Crippen LogP contribution in [0.5, 0.6) is 11.5 Å². The van der Waals surface area contributed by atoms with Gasteiger partial charge in [0.25, 0.3) is 0 Å². The van der Waals surface area contributed by atoms with E-state index in [1.54, 1.807) is 36.7 Å². The Morgan fingerprint density at radius 3 is 2.40 bits per heavy atom. The van der Waals surface area contributed by atoms with Gasteiger partial charge in [-0.15, -0.1) is 0 Å². The summed E-state index contributed by atoms with van der Waals surface area (Å²) >= 11 is 12.8. The van der Waals surface area contributed by atoms with Crippen LogP contribution in [-0.4, -0.2) is 50.0 Å². The summed E-state index contributed by atoms with van der Waals surface area (Å²) in [7, 11) is -3.68. The molecule has 2 aliphatic rings. The van der Waals surface area contributed by atoms with E-state index < -0.39 is 34.7 Å². The molecule has 0 bridgehead atoms. The highest BCUT2D eigenvalue weighted by Crippen LogP contribution is 2.38. The molecule has 1 aromatic heterocycles. The van der Waals surface area contributed by atoms with E-state index in [4.69, 9.17) is 32.7 Å². The number of alkyl halides is 2. The average molecular weight is 688 g/mol. The first-order valence-corrected chi connectivity index (χ1v) is 16.7. The molecule has 2 N–H and O–H groups in total. The number of sulfonamides is 1. The summed E-state index contributed by atoms with van der Waals surface area (Å²) in [6, 6.07) is 12.7. The zero-order valence-corrected chi connectivity index (χ0v) is 26.5. The average Bonchev–Trinajstić information content (AvgIpc) is 3.69. The summed E-state index contributed by atoms with van der Waals surface area (Å²) in [6.07, 6.45) is 5.16. The Bertz CT molecular complexity index is 1540. The lowest BCUT2D eigenvalue weighted by Gasteiger charge is -2.25. The molecule has 2 heterocycles. The summed E-state index contributed by atoms with van der Waals surface area (Å²) in [5, 5.41) is 0.630. The summed E-state index contributed by atoms with van der Waals surface area (Å²) in [5.74, 6) is -0.476. The number of benzene rings is 2. The smallest absolute Gasteiger partial charge is 0.387 e. The van der Waals surface area contributed by atoms with Crippen molar-refractivity contribution in [3.8, 4) is 11.5 Å². The molecule has 1 aliphatic heterocycles. The number of aromatic amines is 1. The number of nitrogens with one attached hydrogen (secondary N) is 1. The molecule has 0 spiro atoms. The highest BCUT2D eigenvalue weighted by atomic mass is 35.5. The Hall–Kier alpha value is -3.03. The van der Waals surface area contributed by atoms with E-state index >= 15 is 0 Å². The van der Waals surface area contributed by atoms with Crippen LogP contribution in [-0.2, 0) is 31.7 Å². The Balaban J connectivity index is 0.00000461. The number of hydrogen-bond donors (Lipinski definition) is 0. The van der Waals surface area contributed by atoms with E-state index in [1.165, 1.54) is 22.5 Å².